The van der Waals surface area contributed by atoms with Crippen molar-refractivity contribution in [1.82, 2.24) is 19.2 Å². The molecule has 1 saturated heterocycles. The summed E-state index contributed by atoms with van der Waals surface area (Å²) in [6, 6.07) is 15.0. The van der Waals surface area contributed by atoms with E-state index in [9.17, 15) is 22.8 Å². The molecule has 0 unspecified atom stereocenters. The quantitative estimate of drug-likeness (QED) is 0.341. The maximum absolute atomic E-state index is 13.4. The topological polar surface area (TPSA) is 137 Å². The first-order valence-corrected chi connectivity index (χ1v) is 14.8. The number of nitrogens with one attached hydrogen (secondary N) is 1. The lowest BCUT2D eigenvalue weighted by Crippen LogP contribution is -2.40. The number of benzene rings is 2. The molecule has 1 aromatic heterocycles. The SMILES string of the molecule is COC(=O)n1cnc(C[C@@H](C)NC(=O)[C@@H](CC(=O)c2cccc(S(=O)(=O)N3CCOCC3)c2)Cc2ccccc2)c1. The molecule has 12 heteroatoms. The summed E-state index contributed by atoms with van der Waals surface area (Å²) in [7, 11) is -2.50. The van der Waals surface area contributed by atoms with Crippen LogP contribution in [-0.4, -0.2) is 79.5 Å². The summed E-state index contributed by atoms with van der Waals surface area (Å²) in [5.74, 6) is -1.33. The molecule has 2 atom stereocenters. The number of Topliss-reactive ketones (excluding diaryl/α,β-unsaturated/α-hetero) is 1. The zero-order chi connectivity index (χ0) is 29.4. The van der Waals surface area contributed by atoms with Crippen LogP contribution in [0.4, 0.5) is 4.79 Å². The lowest BCUT2D eigenvalue weighted by Gasteiger charge is -2.26. The standard InChI is InChI=1S/C29H34N4O7S/c1-21(15-25-19-32(20-30-25)29(36)39-2)31-28(35)24(16-22-7-4-3-5-8-22)18-27(34)23-9-6-10-26(17-23)41(37,38)33-11-13-40-14-12-33/h3-10,17,19-21,24H,11-16,18H2,1-2H3,(H,31,35)/t21-,24-/m1/s1. The van der Waals surface area contributed by atoms with E-state index < -0.39 is 22.0 Å². The molecule has 11 nitrogen and oxygen atoms in total. The number of amides is 1. The second-order valence-electron chi connectivity index (χ2n) is 9.91. The fourth-order valence-electron chi connectivity index (χ4n) is 4.66. The summed E-state index contributed by atoms with van der Waals surface area (Å²) in [5.41, 5.74) is 1.72. The van der Waals surface area contributed by atoms with E-state index in [0.29, 0.717) is 31.7 Å². The zero-order valence-electron chi connectivity index (χ0n) is 23.1. The maximum Gasteiger partial charge on any atom is 0.418 e. The minimum atomic E-state index is -3.78. The highest BCUT2D eigenvalue weighted by Crippen LogP contribution is 2.22. The van der Waals surface area contributed by atoms with Gasteiger partial charge >= 0.3 is 6.09 Å². The third-order valence-corrected chi connectivity index (χ3v) is 8.71. The van der Waals surface area contributed by atoms with Gasteiger partial charge in [0, 0.05) is 49.7 Å². The van der Waals surface area contributed by atoms with Crippen LogP contribution in [0.2, 0.25) is 0 Å². The lowest BCUT2D eigenvalue weighted by atomic mass is 9.91. The molecule has 1 amide bonds. The number of sulfonamides is 1. The van der Waals surface area contributed by atoms with Gasteiger partial charge in [0.25, 0.3) is 0 Å². The van der Waals surface area contributed by atoms with Crippen molar-refractivity contribution in [2.75, 3.05) is 33.4 Å². The normalized spacial score (nSPS) is 15.6. The van der Waals surface area contributed by atoms with Gasteiger partial charge in [-0.2, -0.15) is 4.31 Å². The number of nitrogens with zero attached hydrogens (tertiary/aromatic N) is 3. The third kappa shape index (κ3) is 7.87. The molecule has 1 aliphatic heterocycles. The molecule has 0 bridgehead atoms. The Hall–Kier alpha value is -3.87. The molecule has 2 aromatic carbocycles. The van der Waals surface area contributed by atoms with Gasteiger partial charge in [0.2, 0.25) is 15.9 Å². The average Bonchev–Trinajstić information content (AvgIpc) is 3.45. The van der Waals surface area contributed by atoms with Crippen LogP contribution in [0.25, 0.3) is 0 Å². The van der Waals surface area contributed by atoms with Gasteiger partial charge in [0.15, 0.2) is 5.78 Å². The molecule has 0 saturated carbocycles. The lowest BCUT2D eigenvalue weighted by molar-refractivity contribution is -0.125. The Labute approximate surface area is 239 Å². The van der Waals surface area contributed by atoms with Crippen LogP contribution >= 0.6 is 0 Å². The Bertz CT molecular complexity index is 1470. The van der Waals surface area contributed by atoms with Crippen molar-refractivity contribution in [2.24, 2.45) is 5.92 Å². The van der Waals surface area contributed by atoms with Gasteiger partial charge in [0.05, 0.1) is 30.9 Å². The predicted octanol–water partition coefficient (Wildman–Crippen LogP) is 2.70. The van der Waals surface area contributed by atoms with E-state index in [-0.39, 0.29) is 47.7 Å². The van der Waals surface area contributed by atoms with Crippen LogP contribution in [0.1, 0.15) is 35.0 Å². The monoisotopic (exact) mass is 582 g/mol. The zero-order valence-corrected chi connectivity index (χ0v) is 23.9. The van der Waals surface area contributed by atoms with E-state index in [0.717, 1.165) is 5.56 Å². The van der Waals surface area contributed by atoms with Gasteiger partial charge in [-0.05, 0) is 31.0 Å². The van der Waals surface area contributed by atoms with Crippen LogP contribution < -0.4 is 5.32 Å². The second kappa shape index (κ2) is 13.7. The number of morpholine rings is 1. The van der Waals surface area contributed by atoms with Crippen molar-refractivity contribution in [3.05, 3.63) is 83.9 Å². The van der Waals surface area contributed by atoms with E-state index in [2.05, 4.69) is 15.0 Å². The van der Waals surface area contributed by atoms with Crippen LogP contribution in [-0.2, 0) is 37.1 Å². The van der Waals surface area contributed by atoms with Crippen LogP contribution in [0.15, 0.2) is 72.0 Å². The Morgan fingerprint density at radius 2 is 1.78 bits per heavy atom. The molecule has 3 aromatic rings. The smallest absolute Gasteiger partial charge is 0.418 e. The van der Waals surface area contributed by atoms with E-state index in [1.165, 1.54) is 40.6 Å². The molecule has 41 heavy (non-hydrogen) atoms. The van der Waals surface area contributed by atoms with Crippen LogP contribution in [0.3, 0.4) is 0 Å². The average molecular weight is 583 g/mol. The maximum atomic E-state index is 13.4. The fourth-order valence-corrected chi connectivity index (χ4v) is 6.12. The molecular formula is C29H34N4O7S. The molecule has 218 valence electrons. The number of aromatic nitrogens is 2. The number of rotatable bonds is 11. The minimum Gasteiger partial charge on any atom is -0.452 e. The number of imidazole rings is 1. The van der Waals surface area contributed by atoms with Crippen molar-refractivity contribution >= 4 is 27.8 Å². The van der Waals surface area contributed by atoms with Gasteiger partial charge in [-0.15, -0.1) is 0 Å². The number of methoxy groups -OCH3 is 1. The largest absolute Gasteiger partial charge is 0.452 e. The van der Waals surface area contributed by atoms with E-state index in [1.807, 2.05) is 37.3 Å². The highest BCUT2D eigenvalue weighted by molar-refractivity contribution is 7.89. The van der Waals surface area contributed by atoms with Gasteiger partial charge in [-0.1, -0.05) is 42.5 Å². The second-order valence-corrected chi connectivity index (χ2v) is 11.9. The molecule has 0 radical (unpaired) electrons. The first-order valence-electron chi connectivity index (χ1n) is 13.3. The molecule has 1 fully saturated rings. The van der Waals surface area contributed by atoms with E-state index in [1.54, 1.807) is 12.1 Å². The summed E-state index contributed by atoms with van der Waals surface area (Å²) < 4.78 is 38.8. The Morgan fingerprint density at radius 1 is 1.05 bits per heavy atom. The molecule has 1 N–H and O–H groups in total. The van der Waals surface area contributed by atoms with Crippen LogP contribution in [0.5, 0.6) is 0 Å². The van der Waals surface area contributed by atoms with Gasteiger partial charge in [-0.25, -0.2) is 22.8 Å². The van der Waals surface area contributed by atoms with E-state index in [4.69, 9.17) is 4.74 Å². The summed E-state index contributed by atoms with van der Waals surface area (Å²) in [4.78, 5) is 42.8. The molecule has 0 aliphatic carbocycles. The van der Waals surface area contributed by atoms with Crippen molar-refractivity contribution in [1.29, 1.82) is 0 Å². The van der Waals surface area contributed by atoms with Crippen molar-refractivity contribution < 1.29 is 32.3 Å². The summed E-state index contributed by atoms with van der Waals surface area (Å²) >= 11 is 0. The molecule has 4 rings (SSSR count). The van der Waals surface area contributed by atoms with Crippen LogP contribution in [0, 0.1) is 5.92 Å². The minimum absolute atomic E-state index is 0.0364. The number of carbonyl (C=O) groups excluding carboxylic acids is 3. The predicted molar refractivity (Wildman–Crippen MR) is 150 cm³/mol. The number of ketones is 1. The molecule has 2 heterocycles. The third-order valence-electron chi connectivity index (χ3n) is 6.82. The number of hydrogen-bond donors (Lipinski definition) is 1. The van der Waals surface area contributed by atoms with Gasteiger partial charge in [-0.3, -0.25) is 9.59 Å². The summed E-state index contributed by atoms with van der Waals surface area (Å²) in [6.07, 6.45) is 2.91. The van der Waals surface area contributed by atoms with Crippen molar-refractivity contribution in [3.63, 3.8) is 0 Å². The number of carbonyl (C=O) groups is 3. The highest BCUT2D eigenvalue weighted by atomic mass is 32.2. The molecule has 0 spiro atoms. The van der Waals surface area contributed by atoms with E-state index >= 15 is 0 Å². The molecular weight excluding hydrogens is 548 g/mol. The number of hydrogen-bond acceptors (Lipinski definition) is 8. The first kappa shape index (κ1) is 30.1. The fraction of sp³-hybridized carbons (Fsp3) is 0.379. The first-order chi connectivity index (χ1) is 19.7. The summed E-state index contributed by atoms with van der Waals surface area (Å²) in [6.45, 7) is 2.96. The highest BCUT2D eigenvalue weighted by Gasteiger charge is 2.28. The van der Waals surface area contributed by atoms with Gasteiger partial charge < -0.3 is 14.8 Å². The van der Waals surface area contributed by atoms with Crippen molar-refractivity contribution in [2.45, 2.75) is 37.1 Å². The molecule has 1 aliphatic rings. The Balaban J connectivity index is 1.48. The number of ether oxygens (including phenoxy) is 2. The van der Waals surface area contributed by atoms with Crippen molar-refractivity contribution in [3.8, 4) is 0 Å². The Morgan fingerprint density at radius 3 is 2.49 bits per heavy atom. The summed E-state index contributed by atoms with van der Waals surface area (Å²) in [5, 5.41) is 2.97. The Kier molecular flexibility index (Phi) is 10.0. The van der Waals surface area contributed by atoms with Gasteiger partial charge in [0.1, 0.15) is 6.33 Å².